The minimum Gasteiger partial charge on any atom is -0.444 e. The lowest BCUT2D eigenvalue weighted by atomic mass is 10.2. The molecule has 0 saturated carbocycles. The van der Waals surface area contributed by atoms with Crippen LogP contribution in [0.2, 0.25) is 10.2 Å². The van der Waals surface area contributed by atoms with Crippen LogP contribution in [-0.4, -0.2) is 68.3 Å². The Balaban J connectivity index is 1.68. The number of piperazine rings is 1. The molecule has 2 amide bonds. The van der Waals surface area contributed by atoms with Crippen LogP contribution < -0.4 is 27.4 Å². The number of benzene rings is 1. The molecule has 2 aromatic heterocycles. The van der Waals surface area contributed by atoms with Gasteiger partial charge in [0.15, 0.2) is 28.3 Å². The number of carbonyl (C=O) groups is 2. The predicted octanol–water partition coefficient (Wildman–Crippen LogP) is 2.34. The smallest absolute Gasteiger partial charge is 0.410 e. The molecule has 0 radical (unpaired) electrons. The number of rotatable bonds is 4. The van der Waals surface area contributed by atoms with E-state index in [0.29, 0.717) is 31.7 Å². The summed E-state index contributed by atoms with van der Waals surface area (Å²) >= 11 is 12.3. The molecule has 1 fully saturated rings. The summed E-state index contributed by atoms with van der Waals surface area (Å²) in [5.41, 5.74) is 10.5. The molecule has 1 atom stereocenters. The average molecular weight is 578 g/mol. The second-order valence-electron chi connectivity index (χ2n) is 9.97. The highest BCUT2D eigenvalue weighted by molar-refractivity contribution is 6.35. The number of carbonyl (C=O) groups excluding carboxylic acids is 2. The number of halogens is 2. The fourth-order valence-corrected chi connectivity index (χ4v) is 4.47. The van der Waals surface area contributed by atoms with Crippen LogP contribution in [0, 0.1) is 0 Å². The van der Waals surface area contributed by atoms with Crippen molar-refractivity contribution >= 4 is 57.7 Å². The molecule has 0 bridgehead atoms. The summed E-state index contributed by atoms with van der Waals surface area (Å²) < 4.78 is 6.86. The number of fused-ring (bicyclic) bond motifs is 1. The molecule has 208 valence electrons. The van der Waals surface area contributed by atoms with Crippen molar-refractivity contribution in [2.75, 3.05) is 42.7 Å². The van der Waals surface area contributed by atoms with E-state index >= 15 is 0 Å². The van der Waals surface area contributed by atoms with Crippen LogP contribution in [0.3, 0.4) is 0 Å². The maximum Gasteiger partial charge on any atom is 0.410 e. The monoisotopic (exact) mass is 577 g/mol. The lowest BCUT2D eigenvalue weighted by Gasteiger charge is -2.38. The van der Waals surface area contributed by atoms with Crippen molar-refractivity contribution < 1.29 is 14.3 Å². The first-order valence-corrected chi connectivity index (χ1v) is 12.9. The quantitative estimate of drug-likeness (QED) is 0.417. The number of ether oxygens (including phenoxy) is 1. The highest BCUT2D eigenvalue weighted by Crippen LogP contribution is 2.23. The highest BCUT2D eigenvalue weighted by Gasteiger charge is 2.30. The van der Waals surface area contributed by atoms with Gasteiger partial charge in [-0.05, 0) is 39.8 Å². The molecule has 5 N–H and O–H groups in total. The normalized spacial score (nSPS) is 14.8. The number of hydrogen-bond acceptors (Lipinski definition) is 10. The Morgan fingerprint density at radius 3 is 2.36 bits per heavy atom. The molecule has 39 heavy (non-hydrogen) atoms. The summed E-state index contributed by atoms with van der Waals surface area (Å²) in [6, 6.07) is 4.15. The molecule has 15 heteroatoms. The third-order valence-electron chi connectivity index (χ3n) is 5.90. The lowest BCUT2D eigenvalue weighted by molar-refractivity contribution is 0.0231. The Hall–Kier alpha value is -3.84. The fraction of sp³-hybridized carbons (Fsp3) is 0.417. The van der Waals surface area contributed by atoms with Gasteiger partial charge in [-0.3, -0.25) is 9.59 Å². The molecule has 3 aromatic rings. The van der Waals surface area contributed by atoms with E-state index < -0.39 is 29.2 Å². The van der Waals surface area contributed by atoms with Crippen LogP contribution in [0.4, 0.5) is 16.4 Å². The summed E-state index contributed by atoms with van der Waals surface area (Å²) in [7, 11) is 0. The van der Waals surface area contributed by atoms with Crippen LogP contribution >= 0.6 is 23.2 Å². The lowest BCUT2D eigenvalue weighted by Crippen LogP contribution is -2.57. The summed E-state index contributed by atoms with van der Waals surface area (Å²) in [6.07, 6.45) is -0.434. The number of nitrogen functional groups attached to an aromatic ring is 2. The first-order chi connectivity index (χ1) is 18.3. The van der Waals surface area contributed by atoms with Crippen LogP contribution in [0.25, 0.3) is 10.9 Å². The number of aromatic nitrogens is 4. The van der Waals surface area contributed by atoms with Gasteiger partial charge in [-0.25, -0.2) is 24.4 Å². The van der Waals surface area contributed by atoms with E-state index in [4.69, 9.17) is 39.4 Å². The van der Waals surface area contributed by atoms with Crippen molar-refractivity contribution in [2.24, 2.45) is 0 Å². The van der Waals surface area contributed by atoms with Crippen molar-refractivity contribution in [3.8, 4) is 0 Å². The van der Waals surface area contributed by atoms with Crippen molar-refractivity contribution in [3.63, 3.8) is 0 Å². The van der Waals surface area contributed by atoms with Gasteiger partial charge < -0.3 is 31.4 Å². The molecule has 13 nitrogen and oxygen atoms in total. The molecule has 1 saturated heterocycles. The van der Waals surface area contributed by atoms with Crippen molar-refractivity contribution in [3.05, 3.63) is 50.2 Å². The average Bonchev–Trinajstić information content (AvgIpc) is 2.85. The second kappa shape index (κ2) is 10.7. The summed E-state index contributed by atoms with van der Waals surface area (Å²) in [5, 5.41) is 4.82. The predicted molar refractivity (Wildman–Crippen MR) is 149 cm³/mol. The van der Waals surface area contributed by atoms with Crippen molar-refractivity contribution in [2.45, 2.75) is 39.3 Å². The van der Waals surface area contributed by atoms with Crippen LogP contribution in [0.5, 0.6) is 0 Å². The van der Waals surface area contributed by atoms with E-state index in [1.807, 2.05) is 0 Å². The second-order valence-corrected chi connectivity index (χ2v) is 10.7. The molecule has 0 aliphatic carbocycles. The highest BCUT2D eigenvalue weighted by atomic mass is 35.5. The SMILES string of the molecule is C[C@H](NC(=O)c1nc(Cl)c(N)nc1N)c1nc2cccc(Cl)c2c(=O)n1N1CCN(C(=O)OC(C)(C)C)CC1. The Bertz CT molecular complexity index is 1500. The van der Waals surface area contributed by atoms with Crippen LogP contribution in [0.1, 0.15) is 50.0 Å². The van der Waals surface area contributed by atoms with Gasteiger partial charge in [-0.1, -0.05) is 29.3 Å². The van der Waals surface area contributed by atoms with E-state index in [1.165, 1.54) is 4.68 Å². The van der Waals surface area contributed by atoms with Crippen LogP contribution in [0.15, 0.2) is 23.0 Å². The third-order valence-corrected chi connectivity index (χ3v) is 6.49. The number of nitrogens with zero attached hydrogens (tertiary/aromatic N) is 6. The summed E-state index contributed by atoms with van der Waals surface area (Å²) in [4.78, 5) is 53.4. The molecule has 3 heterocycles. The maximum atomic E-state index is 13.8. The van der Waals surface area contributed by atoms with E-state index in [0.717, 1.165) is 0 Å². The van der Waals surface area contributed by atoms with Crippen LogP contribution in [-0.2, 0) is 4.74 Å². The summed E-state index contributed by atoms with van der Waals surface area (Å²) in [5.74, 6) is -0.750. The van der Waals surface area contributed by atoms with Gasteiger partial charge in [0.05, 0.1) is 35.1 Å². The number of amides is 2. The van der Waals surface area contributed by atoms with E-state index in [1.54, 1.807) is 55.8 Å². The Labute approximate surface area is 234 Å². The standard InChI is InChI=1S/C24H29Cl2N9O4/c1-12(29-21(36)16-18(27)32-19(28)17(26)31-16)20-30-14-7-5-6-13(25)15(14)22(37)35(20)34-10-8-33(9-11-34)23(38)39-24(2,3)4/h5-7,12H,8-11H2,1-4H3,(H,29,36)(H4,27,28,32)/t12-/m0/s1. The number of anilines is 2. The zero-order valence-corrected chi connectivity index (χ0v) is 23.4. The Morgan fingerprint density at radius 2 is 1.72 bits per heavy atom. The first-order valence-electron chi connectivity index (χ1n) is 12.1. The molecule has 1 aliphatic heterocycles. The van der Waals surface area contributed by atoms with E-state index in [-0.39, 0.29) is 38.7 Å². The minimum atomic E-state index is -0.796. The Morgan fingerprint density at radius 1 is 1.05 bits per heavy atom. The van der Waals surface area contributed by atoms with Gasteiger partial charge in [0.2, 0.25) is 0 Å². The number of nitrogens with two attached hydrogens (primary N) is 2. The van der Waals surface area contributed by atoms with Gasteiger partial charge in [0.25, 0.3) is 11.5 Å². The molecule has 1 aromatic carbocycles. The van der Waals surface area contributed by atoms with Gasteiger partial charge in [0, 0.05) is 13.1 Å². The minimum absolute atomic E-state index is 0.105. The van der Waals surface area contributed by atoms with Gasteiger partial charge >= 0.3 is 6.09 Å². The molecule has 1 aliphatic rings. The Kier molecular flexibility index (Phi) is 7.75. The molecule has 0 spiro atoms. The molecular weight excluding hydrogens is 549 g/mol. The zero-order valence-electron chi connectivity index (χ0n) is 21.9. The van der Waals surface area contributed by atoms with E-state index in [2.05, 4.69) is 20.3 Å². The number of hydrogen-bond donors (Lipinski definition) is 3. The molecule has 4 rings (SSSR count). The fourth-order valence-electron chi connectivity index (χ4n) is 4.10. The maximum absolute atomic E-state index is 13.8. The zero-order chi connectivity index (χ0) is 28.6. The van der Waals surface area contributed by atoms with Crippen molar-refractivity contribution in [1.29, 1.82) is 0 Å². The van der Waals surface area contributed by atoms with Gasteiger partial charge in [-0.15, -0.1) is 0 Å². The molecule has 0 unspecified atom stereocenters. The van der Waals surface area contributed by atoms with E-state index in [9.17, 15) is 14.4 Å². The van der Waals surface area contributed by atoms with Crippen molar-refractivity contribution in [1.82, 2.24) is 29.8 Å². The topological polar surface area (TPSA) is 175 Å². The molecular formula is C24H29Cl2N9O4. The first kappa shape index (κ1) is 28.2. The van der Waals surface area contributed by atoms with Gasteiger partial charge in [-0.2, -0.15) is 0 Å². The largest absolute Gasteiger partial charge is 0.444 e. The number of nitrogens with one attached hydrogen (secondary N) is 1. The third kappa shape index (κ3) is 5.93. The summed E-state index contributed by atoms with van der Waals surface area (Å²) in [6.45, 7) is 8.26. The van der Waals surface area contributed by atoms with Gasteiger partial charge in [0.1, 0.15) is 5.60 Å².